The Labute approximate surface area is 113 Å². The zero-order chi connectivity index (χ0) is 13.5. The average molecular weight is 266 g/mol. The van der Waals surface area contributed by atoms with Crippen molar-refractivity contribution in [3.63, 3.8) is 0 Å². The molecule has 4 aromatic rings. The number of hydrogen-bond donors (Lipinski definition) is 0. The Bertz CT molecular complexity index is 873. The van der Waals surface area contributed by atoms with Gasteiger partial charge in [-0.25, -0.2) is 4.98 Å². The summed E-state index contributed by atoms with van der Waals surface area (Å²) in [6.45, 7) is 0. The molecule has 4 heterocycles. The zero-order valence-corrected chi connectivity index (χ0v) is 10.6. The highest BCUT2D eigenvalue weighted by atomic mass is 16.3. The summed E-state index contributed by atoms with van der Waals surface area (Å²) >= 11 is 0. The van der Waals surface area contributed by atoms with Crippen molar-refractivity contribution >= 4 is 5.78 Å². The lowest BCUT2D eigenvalue weighted by atomic mass is 10.3. The van der Waals surface area contributed by atoms with Crippen LogP contribution in [0.25, 0.3) is 28.8 Å². The molecule has 0 aliphatic heterocycles. The fourth-order valence-electron chi connectivity index (χ4n) is 2.12. The van der Waals surface area contributed by atoms with Gasteiger partial charge in [0.1, 0.15) is 0 Å². The molecule has 0 N–H and O–H groups in total. The Morgan fingerprint density at radius 3 is 2.75 bits per heavy atom. The van der Waals surface area contributed by atoms with Crippen molar-refractivity contribution < 1.29 is 4.42 Å². The van der Waals surface area contributed by atoms with Crippen molar-refractivity contribution in [1.82, 2.24) is 29.4 Å². The highest BCUT2D eigenvalue weighted by Crippen LogP contribution is 2.21. The van der Waals surface area contributed by atoms with Gasteiger partial charge in [0.25, 0.3) is 5.78 Å². The van der Waals surface area contributed by atoms with Gasteiger partial charge >= 0.3 is 0 Å². The van der Waals surface area contributed by atoms with Crippen molar-refractivity contribution in [3.05, 3.63) is 42.9 Å². The van der Waals surface area contributed by atoms with Crippen LogP contribution >= 0.6 is 0 Å². The van der Waals surface area contributed by atoms with Crippen molar-refractivity contribution in [2.45, 2.75) is 0 Å². The molecule has 0 fully saturated rings. The minimum atomic E-state index is 0.511. The summed E-state index contributed by atoms with van der Waals surface area (Å²) in [5.74, 6) is 1.65. The van der Waals surface area contributed by atoms with Crippen LogP contribution < -0.4 is 0 Å². The lowest BCUT2D eigenvalue weighted by Crippen LogP contribution is -2.00. The van der Waals surface area contributed by atoms with E-state index in [1.165, 1.54) is 0 Å². The number of aryl methyl sites for hydroxylation is 1. The predicted molar refractivity (Wildman–Crippen MR) is 70.7 cm³/mol. The van der Waals surface area contributed by atoms with Crippen molar-refractivity contribution in [2.24, 2.45) is 7.05 Å². The van der Waals surface area contributed by atoms with E-state index in [1.807, 2.05) is 25.2 Å². The molecule has 0 aliphatic carbocycles. The molecule has 98 valence electrons. The van der Waals surface area contributed by atoms with E-state index >= 15 is 0 Å². The molecule has 4 aromatic heterocycles. The zero-order valence-electron chi connectivity index (χ0n) is 10.6. The molecule has 0 radical (unpaired) electrons. The van der Waals surface area contributed by atoms with Crippen LogP contribution in [0.5, 0.6) is 0 Å². The van der Waals surface area contributed by atoms with Gasteiger partial charge in [0.2, 0.25) is 5.82 Å². The molecule has 0 saturated heterocycles. The lowest BCUT2D eigenvalue weighted by Gasteiger charge is -2.03. The number of nitrogens with zero attached hydrogens (tertiary/aromatic N) is 6. The highest BCUT2D eigenvalue weighted by molar-refractivity contribution is 5.59. The molecule has 0 amide bonds. The second-order valence-corrected chi connectivity index (χ2v) is 4.29. The number of aromatic nitrogens is 6. The van der Waals surface area contributed by atoms with Gasteiger partial charge in [0, 0.05) is 19.4 Å². The third kappa shape index (κ3) is 1.53. The second-order valence-electron chi connectivity index (χ2n) is 4.29. The number of fused-ring (bicyclic) bond motifs is 1. The normalized spacial score (nSPS) is 11.2. The van der Waals surface area contributed by atoms with Gasteiger partial charge in [-0.2, -0.15) is 14.6 Å². The minimum absolute atomic E-state index is 0.511. The second kappa shape index (κ2) is 4.02. The van der Waals surface area contributed by atoms with Crippen molar-refractivity contribution in [3.8, 4) is 23.0 Å². The Hall–Kier alpha value is -2.96. The van der Waals surface area contributed by atoms with E-state index in [0.29, 0.717) is 17.4 Å². The van der Waals surface area contributed by atoms with E-state index in [-0.39, 0.29) is 0 Å². The first-order chi connectivity index (χ1) is 9.83. The Morgan fingerprint density at radius 2 is 2.00 bits per heavy atom. The Morgan fingerprint density at radius 1 is 1.10 bits per heavy atom. The lowest BCUT2D eigenvalue weighted by molar-refractivity contribution is 0.577. The third-order valence-electron chi connectivity index (χ3n) is 3.07. The van der Waals surface area contributed by atoms with Crippen LogP contribution in [-0.2, 0) is 7.05 Å². The molecule has 20 heavy (non-hydrogen) atoms. The first kappa shape index (κ1) is 10.9. The van der Waals surface area contributed by atoms with Gasteiger partial charge in [0.15, 0.2) is 5.76 Å². The molecule has 0 saturated carbocycles. The van der Waals surface area contributed by atoms with Crippen LogP contribution in [0.2, 0.25) is 0 Å². The van der Waals surface area contributed by atoms with Gasteiger partial charge in [-0.1, -0.05) is 0 Å². The maximum Gasteiger partial charge on any atom is 0.253 e. The standard InChI is InChI=1S/C13H10N6O/c1-18-9(5-7-15-18)10-4-6-14-13-16-12(17-19(10)13)11-3-2-8-20-11/h2-8H,1H3. The molecule has 7 heteroatoms. The molecule has 0 aromatic carbocycles. The first-order valence-corrected chi connectivity index (χ1v) is 6.07. The molecule has 0 unspecified atom stereocenters. The van der Waals surface area contributed by atoms with Crippen molar-refractivity contribution in [1.29, 1.82) is 0 Å². The summed E-state index contributed by atoms with van der Waals surface area (Å²) in [5.41, 5.74) is 1.81. The summed E-state index contributed by atoms with van der Waals surface area (Å²) in [4.78, 5) is 8.60. The highest BCUT2D eigenvalue weighted by Gasteiger charge is 2.14. The van der Waals surface area contributed by atoms with Crippen LogP contribution in [0.4, 0.5) is 0 Å². The minimum Gasteiger partial charge on any atom is -0.461 e. The van der Waals surface area contributed by atoms with E-state index in [2.05, 4.69) is 20.2 Å². The quantitative estimate of drug-likeness (QED) is 0.553. The van der Waals surface area contributed by atoms with E-state index in [9.17, 15) is 0 Å². The molecule has 0 spiro atoms. The Kier molecular flexibility index (Phi) is 2.19. The van der Waals surface area contributed by atoms with E-state index in [1.54, 1.807) is 33.9 Å². The molecule has 0 aliphatic rings. The van der Waals surface area contributed by atoms with Crippen LogP contribution in [0, 0.1) is 0 Å². The van der Waals surface area contributed by atoms with Crippen molar-refractivity contribution in [2.75, 3.05) is 0 Å². The smallest absolute Gasteiger partial charge is 0.253 e. The van der Waals surface area contributed by atoms with Gasteiger partial charge in [-0.3, -0.25) is 4.68 Å². The number of hydrogen-bond acceptors (Lipinski definition) is 5. The van der Waals surface area contributed by atoms with Crippen LogP contribution in [0.1, 0.15) is 0 Å². The maximum atomic E-state index is 5.32. The molecular weight excluding hydrogens is 256 g/mol. The SMILES string of the molecule is Cn1nccc1-c1ccnc2nc(-c3ccco3)nn12. The fourth-order valence-corrected chi connectivity index (χ4v) is 2.12. The molecule has 4 rings (SSSR count). The fraction of sp³-hybridized carbons (Fsp3) is 0.0769. The molecule has 0 bridgehead atoms. The third-order valence-corrected chi connectivity index (χ3v) is 3.07. The van der Waals surface area contributed by atoms with Gasteiger partial charge in [0.05, 0.1) is 17.7 Å². The van der Waals surface area contributed by atoms with Crippen LogP contribution in [0.3, 0.4) is 0 Å². The number of furan rings is 1. The molecule has 0 atom stereocenters. The summed E-state index contributed by atoms with van der Waals surface area (Å²) in [5, 5.41) is 8.63. The van der Waals surface area contributed by atoms with Crippen LogP contribution in [-0.4, -0.2) is 29.4 Å². The van der Waals surface area contributed by atoms with Gasteiger partial charge in [-0.05, 0) is 24.3 Å². The van der Waals surface area contributed by atoms with E-state index in [0.717, 1.165) is 11.4 Å². The average Bonchev–Trinajstić information content (AvgIpc) is 3.17. The predicted octanol–water partition coefficient (Wildman–Crippen LogP) is 1.78. The summed E-state index contributed by atoms with van der Waals surface area (Å²) < 4.78 is 8.79. The maximum absolute atomic E-state index is 5.32. The first-order valence-electron chi connectivity index (χ1n) is 6.07. The largest absolute Gasteiger partial charge is 0.461 e. The van der Waals surface area contributed by atoms with E-state index in [4.69, 9.17) is 4.42 Å². The summed E-state index contributed by atoms with van der Waals surface area (Å²) in [6.07, 6.45) is 5.04. The van der Waals surface area contributed by atoms with Gasteiger partial charge < -0.3 is 4.42 Å². The summed E-state index contributed by atoms with van der Waals surface area (Å²) in [6, 6.07) is 7.42. The monoisotopic (exact) mass is 266 g/mol. The molecule has 7 nitrogen and oxygen atoms in total. The van der Waals surface area contributed by atoms with Gasteiger partial charge in [-0.15, -0.1) is 5.10 Å². The summed E-state index contributed by atoms with van der Waals surface area (Å²) in [7, 11) is 1.88. The number of rotatable bonds is 2. The van der Waals surface area contributed by atoms with E-state index < -0.39 is 0 Å². The topological polar surface area (TPSA) is 74.0 Å². The molecular formula is C13H10N6O. The Balaban J connectivity index is 1.97. The van der Waals surface area contributed by atoms with Crippen LogP contribution in [0.15, 0.2) is 47.3 Å².